The fourth-order valence-electron chi connectivity index (χ4n) is 2.45. The van der Waals surface area contributed by atoms with Crippen LogP contribution in [-0.2, 0) is 24.4 Å². The van der Waals surface area contributed by atoms with E-state index in [1.54, 1.807) is 0 Å². The molecule has 1 saturated heterocycles. The Bertz CT molecular complexity index is 944. The summed E-state index contributed by atoms with van der Waals surface area (Å²) in [6.45, 7) is -0.802. The maximum absolute atomic E-state index is 12.8. The van der Waals surface area contributed by atoms with Crippen LogP contribution in [0, 0.1) is 17.5 Å². The van der Waals surface area contributed by atoms with E-state index in [4.69, 9.17) is 8.48 Å². The number of amides is 2. The quantitative estimate of drug-likeness (QED) is 0.426. The van der Waals surface area contributed by atoms with Crippen molar-refractivity contribution >= 4 is 27.6 Å². The monoisotopic (exact) mass is 413 g/mol. The molecule has 1 aliphatic heterocycles. The van der Waals surface area contributed by atoms with Gasteiger partial charge in [-0.25, -0.2) is 8.42 Å². The van der Waals surface area contributed by atoms with Crippen molar-refractivity contribution in [1.29, 1.82) is 0 Å². The van der Waals surface area contributed by atoms with E-state index < -0.39 is 51.1 Å². The molecular formula is C17H23N4O6S. The number of nitrogens with one attached hydrogen (secondary N) is 1. The zero-order valence-corrected chi connectivity index (χ0v) is 16.0. The van der Waals surface area contributed by atoms with Gasteiger partial charge in [-0.15, -0.1) is 0 Å². The van der Waals surface area contributed by atoms with Crippen molar-refractivity contribution in [2.45, 2.75) is 37.2 Å². The number of pyridine rings is 1. The van der Waals surface area contributed by atoms with Gasteiger partial charge in [-0.05, 0) is 25.3 Å². The van der Waals surface area contributed by atoms with Gasteiger partial charge in [0.1, 0.15) is 0 Å². The maximum atomic E-state index is 12.8. The van der Waals surface area contributed by atoms with E-state index in [0.29, 0.717) is 4.31 Å². The molecule has 1 aromatic rings. The van der Waals surface area contributed by atoms with Crippen molar-refractivity contribution in [3.05, 3.63) is 36.0 Å². The minimum Gasteiger partial charge on any atom is -0.618 e. The second kappa shape index (κ2) is 9.11. The summed E-state index contributed by atoms with van der Waals surface area (Å²) in [5, 5.41) is 13.4. The summed E-state index contributed by atoms with van der Waals surface area (Å²) in [5.41, 5.74) is 5.12. The molecule has 1 aliphatic rings. The fourth-order valence-corrected chi connectivity index (χ4v) is 3.84. The second-order valence-electron chi connectivity index (χ2n) is 6.29. The first-order chi connectivity index (χ1) is 13.9. The van der Waals surface area contributed by atoms with Crippen LogP contribution in [0.25, 0.3) is 0 Å². The highest BCUT2D eigenvalue weighted by Crippen LogP contribution is 2.17. The molecule has 2 unspecified atom stereocenters. The molecule has 28 heavy (non-hydrogen) atoms. The Morgan fingerprint density at radius 1 is 1.57 bits per heavy atom. The van der Waals surface area contributed by atoms with Crippen LogP contribution in [0.2, 0.25) is 0 Å². The Balaban J connectivity index is 2.20. The van der Waals surface area contributed by atoms with Gasteiger partial charge in [-0.1, -0.05) is 6.92 Å². The predicted octanol–water partition coefficient (Wildman–Crippen LogP) is -1.13. The third kappa shape index (κ3) is 5.26. The Labute approximate surface area is 166 Å². The molecule has 2 rings (SSSR count). The van der Waals surface area contributed by atoms with Crippen molar-refractivity contribution in [3.8, 4) is 0 Å². The Kier molecular flexibility index (Phi) is 6.12. The Hall–Kier alpha value is -2.53. The highest BCUT2D eigenvalue weighted by Gasteiger charge is 2.36. The number of carbonyl (C=O) groups excluding carboxylic acids is 3. The number of aromatic nitrogens is 1. The van der Waals surface area contributed by atoms with Crippen LogP contribution in [0.1, 0.15) is 28.9 Å². The van der Waals surface area contributed by atoms with Gasteiger partial charge in [0.25, 0.3) is 0 Å². The largest absolute Gasteiger partial charge is 0.618 e. The van der Waals surface area contributed by atoms with Crippen LogP contribution in [0.4, 0.5) is 0 Å². The van der Waals surface area contributed by atoms with Crippen LogP contribution in [0.5, 0.6) is 0 Å². The molecular weight excluding hydrogens is 388 g/mol. The van der Waals surface area contributed by atoms with Crippen molar-refractivity contribution in [1.82, 2.24) is 9.62 Å². The lowest BCUT2D eigenvalue weighted by Gasteiger charge is -2.19. The minimum absolute atomic E-state index is 0.00620. The summed E-state index contributed by atoms with van der Waals surface area (Å²) in [7, 11) is -4.49. The average Bonchev–Trinajstić information content (AvgIpc) is 2.78. The molecule has 0 aromatic carbocycles. The maximum Gasteiger partial charge on any atom is 0.323 e. The first-order valence-electron chi connectivity index (χ1n) is 9.59. The van der Waals surface area contributed by atoms with E-state index in [1.165, 1.54) is 19.1 Å². The molecule has 2 amide bonds. The van der Waals surface area contributed by atoms with Gasteiger partial charge in [0, 0.05) is 24.6 Å². The lowest BCUT2D eigenvalue weighted by atomic mass is 10.0. The zero-order valence-electron chi connectivity index (χ0n) is 17.2. The number of Topliss-reactive ketones (excluding diaryl/α,β-unsaturated/α-hetero) is 1. The normalized spacial score (nSPS) is 25.9. The topological polar surface area (TPSA) is 154 Å². The number of ketones is 1. The number of rotatable bonds is 7. The number of primary amides is 1. The van der Waals surface area contributed by atoms with Gasteiger partial charge in [0.2, 0.25) is 11.8 Å². The number of sulfonamides is 1. The molecule has 1 radical (unpaired) electrons. The molecule has 0 saturated carbocycles. The Morgan fingerprint density at radius 3 is 2.93 bits per heavy atom. The molecule has 10 nitrogen and oxygen atoms in total. The summed E-state index contributed by atoms with van der Waals surface area (Å²) < 4.78 is 42.8. The van der Waals surface area contributed by atoms with Crippen molar-refractivity contribution in [2.24, 2.45) is 11.7 Å². The van der Waals surface area contributed by atoms with Gasteiger partial charge < -0.3 is 16.3 Å². The first-order valence-corrected chi connectivity index (χ1v) is 9.95. The molecule has 3 atom stereocenters. The first kappa shape index (κ1) is 18.8. The fraction of sp³-hybridized carbons (Fsp3) is 0.471. The summed E-state index contributed by atoms with van der Waals surface area (Å²) in [6.07, 6.45) is 1.80. The minimum atomic E-state index is -4.49. The lowest BCUT2D eigenvalue weighted by molar-refractivity contribution is -0.646. The lowest BCUT2D eigenvalue weighted by Crippen LogP contribution is -2.46. The van der Waals surface area contributed by atoms with Crippen LogP contribution in [-0.4, -0.2) is 49.4 Å². The highest BCUT2D eigenvalue weighted by molar-refractivity contribution is 7.89. The van der Waals surface area contributed by atoms with Crippen molar-refractivity contribution in [3.63, 3.8) is 0 Å². The summed E-state index contributed by atoms with van der Waals surface area (Å²) in [6, 6.07) is 1.48. The molecule has 0 aliphatic carbocycles. The predicted molar refractivity (Wildman–Crippen MR) is 97.6 cm³/mol. The SMILES string of the molecule is [2H]C1C(=O)[C@@]([2H])(NC(=O)[CH]CC(C)C(N)=O)CCCN1S(=O)(=O)c1cccc[n+]1[O-]. The number of carbonyl (C=O) groups is 3. The third-order valence-corrected chi connectivity index (χ3v) is 5.89. The van der Waals surface area contributed by atoms with Crippen LogP contribution >= 0.6 is 0 Å². The van der Waals surface area contributed by atoms with Gasteiger partial charge >= 0.3 is 15.0 Å². The smallest absolute Gasteiger partial charge is 0.323 e. The highest BCUT2D eigenvalue weighted by atomic mass is 32.2. The van der Waals surface area contributed by atoms with E-state index in [2.05, 4.69) is 5.32 Å². The number of nitrogens with zero attached hydrogens (tertiary/aromatic N) is 2. The van der Waals surface area contributed by atoms with E-state index in [9.17, 15) is 28.0 Å². The summed E-state index contributed by atoms with van der Waals surface area (Å²) in [5.74, 6) is -3.21. The van der Waals surface area contributed by atoms with Gasteiger partial charge in [0.05, 0.1) is 21.7 Å². The molecule has 2 heterocycles. The van der Waals surface area contributed by atoms with Gasteiger partial charge in [0.15, 0.2) is 12.0 Å². The molecule has 1 fully saturated rings. The van der Waals surface area contributed by atoms with E-state index in [-0.39, 0.29) is 30.5 Å². The molecule has 1 aromatic heterocycles. The molecule has 11 heteroatoms. The molecule has 0 bridgehead atoms. The van der Waals surface area contributed by atoms with Crippen LogP contribution in [0.15, 0.2) is 29.4 Å². The molecule has 0 spiro atoms. The van der Waals surface area contributed by atoms with Crippen molar-refractivity contribution in [2.75, 3.05) is 13.1 Å². The Morgan fingerprint density at radius 2 is 2.29 bits per heavy atom. The van der Waals surface area contributed by atoms with Gasteiger partial charge in [-0.2, -0.15) is 9.04 Å². The standard InChI is InChI=1S/C17H23N4O6S/c1-12(17(18)24)7-8-15(23)19-13-5-4-9-20(11-14(13)22)28(26,27)16-6-2-3-10-21(16)25/h2-3,6,8,10,12-13H,4-5,7,9,11H2,1H3,(H2,18,24)(H,19,23)/t12?,13-/m0/s1/i11D,13D/t11?,12?,13-. The molecule has 153 valence electrons. The number of hydrogen-bond donors (Lipinski definition) is 2. The zero-order chi connectivity index (χ0) is 22.7. The van der Waals surface area contributed by atoms with E-state index in [1.807, 2.05) is 0 Å². The van der Waals surface area contributed by atoms with Crippen LogP contribution < -0.4 is 15.8 Å². The third-order valence-electron chi connectivity index (χ3n) is 4.14. The average molecular weight is 413 g/mol. The molecule has 3 N–H and O–H groups in total. The number of hydrogen-bond acceptors (Lipinski definition) is 6. The van der Waals surface area contributed by atoms with Crippen LogP contribution in [0.3, 0.4) is 0 Å². The van der Waals surface area contributed by atoms with E-state index in [0.717, 1.165) is 18.7 Å². The second-order valence-corrected chi connectivity index (χ2v) is 8.13. The van der Waals surface area contributed by atoms with Gasteiger partial charge in [-0.3, -0.25) is 14.4 Å². The summed E-state index contributed by atoms with van der Waals surface area (Å²) >= 11 is 0. The van der Waals surface area contributed by atoms with E-state index >= 15 is 0 Å². The number of nitrogens with two attached hydrogens (primary N) is 1. The van der Waals surface area contributed by atoms with Crippen molar-refractivity contribution < 1.29 is 30.3 Å². The summed E-state index contributed by atoms with van der Waals surface area (Å²) in [4.78, 5) is 35.9.